The van der Waals surface area contributed by atoms with Gasteiger partial charge in [-0.15, -0.1) is 11.3 Å². The summed E-state index contributed by atoms with van der Waals surface area (Å²) in [6.07, 6.45) is 1.07. The van der Waals surface area contributed by atoms with Crippen molar-refractivity contribution in [2.24, 2.45) is 5.92 Å². The van der Waals surface area contributed by atoms with Crippen LogP contribution in [0.15, 0.2) is 17.5 Å². The van der Waals surface area contributed by atoms with Crippen LogP contribution in [-0.2, 0) is 14.3 Å². The van der Waals surface area contributed by atoms with E-state index in [1.165, 1.54) is 18.3 Å². The molecule has 7 heteroatoms. The first-order chi connectivity index (χ1) is 10.9. The summed E-state index contributed by atoms with van der Waals surface area (Å²) in [5, 5.41) is 7.26. The van der Waals surface area contributed by atoms with Crippen LogP contribution < -0.4 is 10.6 Å². The van der Waals surface area contributed by atoms with Gasteiger partial charge in [0, 0.05) is 6.04 Å². The van der Waals surface area contributed by atoms with Gasteiger partial charge in [0.05, 0.1) is 4.88 Å². The molecule has 2 atom stereocenters. The minimum Gasteiger partial charge on any atom is -0.451 e. The highest BCUT2D eigenvalue weighted by Gasteiger charge is 2.31. The first-order valence-electron chi connectivity index (χ1n) is 7.73. The number of amides is 2. The maximum absolute atomic E-state index is 12.3. The second kappa shape index (κ2) is 7.59. The largest absolute Gasteiger partial charge is 0.451 e. The summed E-state index contributed by atoms with van der Waals surface area (Å²) in [7, 11) is 0. The van der Waals surface area contributed by atoms with E-state index < -0.39 is 18.1 Å². The molecular weight excluding hydrogens is 316 g/mol. The average molecular weight is 338 g/mol. The number of nitrogens with one attached hydrogen (secondary N) is 2. The van der Waals surface area contributed by atoms with E-state index >= 15 is 0 Å². The molecular formula is C16H22N2O4S. The van der Waals surface area contributed by atoms with Crippen LogP contribution in [0.25, 0.3) is 0 Å². The fourth-order valence-corrected chi connectivity index (χ4v) is 2.59. The van der Waals surface area contributed by atoms with Gasteiger partial charge in [-0.2, -0.15) is 0 Å². The van der Waals surface area contributed by atoms with E-state index in [2.05, 4.69) is 10.6 Å². The van der Waals surface area contributed by atoms with Crippen LogP contribution in [0.2, 0.25) is 0 Å². The van der Waals surface area contributed by atoms with E-state index in [1.807, 2.05) is 13.8 Å². The van der Waals surface area contributed by atoms with Crippen LogP contribution >= 0.6 is 11.3 Å². The Morgan fingerprint density at radius 3 is 2.48 bits per heavy atom. The van der Waals surface area contributed by atoms with E-state index in [0.29, 0.717) is 4.88 Å². The number of hydrogen-bond acceptors (Lipinski definition) is 5. The molecule has 0 aliphatic heterocycles. The molecule has 2 amide bonds. The van der Waals surface area contributed by atoms with E-state index in [4.69, 9.17) is 4.74 Å². The van der Waals surface area contributed by atoms with E-state index in [0.717, 1.165) is 12.8 Å². The number of carbonyl (C=O) groups excluding carboxylic acids is 3. The summed E-state index contributed by atoms with van der Waals surface area (Å²) < 4.78 is 5.22. The van der Waals surface area contributed by atoms with Gasteiger partial charge in [-0.05, 0) is 37.1 Å². The third-order valence-corrected chi connectivity index (χ3v) is 4.41. The van der Waals surface area contributed by atoms with Gasteiger partial charge >= 0.3 is 5.97 Å². The van der Waals surface area contributed by atoms with Crippen LogP contribution in [0.4, 0.5) is 0 Å². The van der Waals surface area contributed by atoms with Crippen LogP contribution in [0.5, 0.6) is 0 Å². The lowest BCUT2D eigenvalue weighted by molar-refractivity contribution is -0.157. The molecule has 0 aromatic carbocycles. The maximum Gasteiger partial charge on any atom is 0.329 e. The Hall–Kier alpha value is -1.89. The highest BCUT2D eigenvalue weighted by Crippen LogP contribution is 2.19. The third-order valence-electron chi connectivity index (χ3n) is 3.54. The van der Waals surface area contributed by atoms with Gasteiger partial charge in [-0.25, -0.2) is 4.79 Å². The van der Waals surface area contributed by atoms with Gasteiger partial charge in [0.2, 0.25) is 0 Å². The maximum atomic E-state index is 12.3. The number of esters is 1. The molecule has 1 heterocycles. The zero-order valence-electron chi connectivity index (χ0n) is 13.5. The summed E-state index contributed by atoms with van der Waals surface area (Å²) in [6.45, 7) is 5.17. The highest BCUT2D eigenvalue weighted by atomic mass is 32.1. The minimum atomic E-state index is -0.872. The predicted octanol–water partition coefficient (Wildman–Crippen LogP) is 1.71. The van der Waals surface area contributed by atoms with Crippen molar-refractivity contribution < 1.29 is 19.1 Å². The molecule has 1 aromatic heterocycles. The highest BCUT2D eigenvalue weighted by molar-refractivity contribution is 7.12. The molecule has 0 saturated heterocycles. The summed E-state index contributed by atoms with van der Waals surface area (Å²) in [4.78, 5) is 36.8. The zero-order valence-corrected chi connectivity index (χ0v) is 14.3. The van der Waals surface area contributed by atoms with Gasteiger partial charge in [-0.1, -0.05) is 19.9 Å². The van der Waals surface area contributed by atoms with Crippen molar-refractivity contribution in [1.29, 1.82) is 0 Å². The molecule has 2 N–H and O–H groups in total. The lowest BCUT2D eigenvalue weighted by Crippen LogP contribution is -2.47. The van der Waals surface area contributed by atoms with Crippen molar-refractivity contribution in [3.8, 4) is 0 Å². The lowest BCUT2D eigenvalue weighted by atomic mass is 10.0. The fraction of sp³-hybridized carbons (Fsp3) is 0.562. The molecule has 126 valence electrons. The van der Waals surface area contributed by atoms with Crippen LogP contribution in [0, 0.1) is 5.92 Å². The van der Waals surface area contributed by atoms with Crippen LogP contribution in [0.3, 0.4) is 0 Å². The quantitative estimate of drug-likeness (QED) is 0.741. The smallest absolute Gasteiger partial charge is 0.329 e. The Morgan fingerprint density at radius 1 is 1.26 bits per heavy atom. The fourth-order valence-electron chi connectivity index (χ4n) is 1.97. The van der Waals surface area contributed by atoms with E-state index in [-0.39, 0.29) is 23.8 Å². The Balaban J connectivity index is 1.92. The Morgan fingerprint density at radius 2 is 1.96 bits per heavy atom. The Kier molecular flexibility index (Phi) is 5.76. The third kappa shape index (κ3) is 5.06. The van der Waals surface area contributed by atoms with Crippen molar-refractivity contribution in [3.05, 3.63) is 22.4 Å². The second-order valence-electron chi connectivity index (χ2n) is 6.03. The van der Waals surface area contributed by atoms with E-state index in [9.17, 15) is 14.4 Å². The molecule has 1 aromatic rings. The normalized spacial score (nSPS) is 16.5. The standard InChI is InChI=1S/C16H22N2O4S/c1-9(2)13(18-15(20)12-5-4-8-23-12)16(21)22-10(3)14(19)17-11-6-7-11/h4-5,8-11,13H,6-7H2,1-3H3,(H,17,19)(H,18,20)/t10-,13-/m0/s1. The average Bonchev–Trinajstić information content (AvgIpc) is 3.13. The van der Waals surface area contributed by atoms with Crippen molar-refractivity contribution in [2.75, 3.05) is 0 Å². The topological polar surface area (TPSA) is 84.5 Å². The first kappa shape index (κ1) is 17.5. The van der Waals surface area contributed by atoms with Gasteiger partial charge < -0.3 is 15.4 Å². The number of rotatable bonds is 7. The van der Waals surface area contributed by atoms with Crippen molar-refractivity contribution in [2.45, 2.75) is 51.8 Å². The molecule has 1 saturated carbocycles. The van der Waals surface area contributed by atoms with Gasteiger partial charge in [0.25, 0.3) is 11.8 Å². The van der Waals surface area contributed by atoms with Gasteiger partial charge in [0.15, 0.2) is 6.10 Å². The first-order valence-corrected chi connectivity index (χ1v) is 8.61. The number of hydrogen-bond donors (Lipinski definition) is 2. The number of ether oxygens (including phenoxy) is 1. The monoisotopic (exact) mass is 338 g/mol. The molecule has 0 radical (unpaired) electrons. The molecule has 0 unspecified atom stereocenters. The summed E-state index contributed by atoms with van der Waals surface area (Å²) in [5.41, 5.74) is 0. The lowest BCUT2D eigenvalue weighted by Gasteiger charge is -2.22. The minimum absolute atomic E-state index is 0.148. The van der Waals surface area contributed by atoms with Crippen LogP contribution in [0.1, 0.15) is 43.3 Å². The SMILES string of the molecule is CC(C)[C@H](NC(=O)c1cccs1)C(=O)O[C@@H](C)C(=O)NC1CC1. The molecule has 0 bridgehead atoms. The summed E-state index contributed by atoms with van der Waals surface area (Å²) >= 11 is 1.30. The second-order valence-corrected chi connectivity index (χ2v) is 6.98. The van der Waals surface area contributed by atoms with Gasteiger partial charge in [-0.3, -0.25) is 9.59 Å². The zero-order chi connectivity index (χ0) is 17.0. The summed E-state index contributed by atoms with van der Waals surface area (Å²) in [6, 6.07) is 2.88. The number of carbonyl (C=O) groups is 3. The molecule has 6 nitrogen and oxygen atoms in total. The molecule has 1 fully saturated rings. The Bertz CT molecular complexity index is 567. The van der Waals surface area contributed by atoms with E-state index in [1.54, 1.807) is 17.5 Å². The molecule has 2 rings (SSSR count). The molecule has 1 aliphatic rings. The molecule has 1 aliphatic carbocycles. The predicted molar refractivity (Wildman–Crippen MR) is 87.1 cm³/mol. The van der Waals surface area contributed by atoms with Crippen molar-refractivity contribution in [3.63, 3.8) is 0 Å². The van der Waals surface area contributed by atoms with Gasteiger partial charge in [0.1, 0.15) is 6.04 Å². The Labute approximate surface area is 139 Å². The number of thiophene rings is 1. The molecule has 0 spiro atoms. The van der Waals surface area contributed by atoms with Crippen LogP contribution in [-0.4, -0.2) is 36.0 Å². The van der Waals surface area contributed by atoms with Crippen molar-refractivity contribution >= 4 is 29.1 Å². The summed E-state index contributed by atoms with van der Waals surface area (Å²) in [5.74, 6) is -1.35. The molecule has 23 heavy (non-hydrogen) atoms. The van der Waals surface area contributed by atoms with Crippen molar-refractivity contribution in [1.82, 2.24) is 10.6 Å².